The van der Waals surface area contributed by atoms with Crippen LogP contribution in [0.4, 0.5) is 0 Å². The number of imidazole rings is 1. The molecule has 2 rings (SSSR count). The van der Waals surface area contributed by atoms with E-state index in [4.69, 9.17) is 0 Å². The molecule has 0 spiro atoms. The van der Waals surface area contributed by atoms with Crippen molar-refractivity contribution < 1.29 is 4.79 Å². The molecular formula is C19H33N3OSSn. The Morgan fingerprint density at radius 3 is 2.24 bits per heavy atom. The number of unbranched alkanes of at least 4 members (excludes halogenated alkanes) is 3. The first kappa shape index (κ1) is 20.7. The van der Waals surface area contributed by atoms with Crippen molar-refractivity contribution in [3.8, 4) is 0 Å². The molecule has 2 aromatic rings. The zero-order chi connectivity index (χ0) is 18.1. The fraction of sp³-hybridized carbons (Fsp3) is 0.684. The number of hydrogen-bond acceptors (Lipinski definition) is 3. The SMILES string of the molecule is CCC[CH2][Sn]([CH2]CCC)([CH2]CCC)[c]1cn2c(CNC=O)ncc2s1. The summed E-state index contributed by atoms with van der Waals surface area (Å²) in [5, 5.41) is 2.75. The van der Waals surface area contributed by atoms with Crippen LogP contribution in [0.3, 0.4) is 0 Å². The molecule has 0 radical (unpaired) electrons. The number of rotatable bonds is 13. The molecule has 2 heterocycles. The van der Waals surface area contributed by atoms with Crippen LogP contribution in [0.5, 0.6) is 0 Å². The number of carbonyl (C=O) groups excluding carboxylic acids is 1. The van der Waals surface area contributed by atoms with Crippen LogP contribution in [0.2, 0.25) is 13.3 Å². The minimum absolute atomic E-state index is 0.509. The fourth-order valence-electron chi connectivity index (χ4n) is 3.65. The van der Waals surface area contributed by atoms with Crippen molar-refractivity contribution in [3.05, 3.63) is 18.2 Å². The molecule has 0 bridgehead atoms. The van der Waals surface area contributed by atoms with E-state index in [-0.39, 0.29) is 0 Å². The Morgan fingerprint density at radius 2 is 1.72 bits per heavy atom. The van der Waals surface area contributed by atoms with Crippen molar-refractivity contribution in [2.75, 3.05) is 0 Å². The summed E-state index contributed by atoms with van der Waals surface area (Å²) in [5.41, 5.74) is 0. The van der Waals surface area contributed by atoms with Gasteiger partial charge in [0.25, 0.3) is 0 Å². The molecule has 0 atom stereocenters. The second-order valence-electron chi connectivity index (χ2n) is 7.07. The first-order valence-electron chi connectivity index (χ1n) is 9.84. The number of carbonyl (C=O) groups is 1. The molecule has 1 N–H and O–H groups in total. The summed E-state index contributed by atoms with van der Waals surface area (Å²) in [4.78, 5) is 16.3. The zero-order valence-electron chi connectivity index (χ0n) is 16.0. The summed E-state index contributed by atoms with van der Waals surface area (Å²) >= 11 is -0.370. The Balaban J connectivity index is 2.37. The van der Waals surface area contributed by atoms with Gasteiger partial charge in [-0.15, -0.1) is 0 Å². The molecule has 140 valence electrons. The van der Waals surface area contributed by atoms with Gasteiger partial charge in [-0.1, -0.05) is 0 Å². The average molecular weight is 470 g/mol. The van der Waals surface area contributed by atoms with E-state index >= 15 is 0 Å². The summed E-state index contributed by atoms with van der Waals surface area (Å²) in [6.45, 7) is 7.48. The Kier molecular flexibility index (Phi) is 8.76. The molecule has 2 aromatic heterocycles. The van der Waals surface area contributed by atoms with Gasteiger partial charge in [0.1, 0.15) is 0 Å². The second kappa shape index (κ2) is 10.6. The Bertz CT molecular complexity index is 630. The van der Waals surface area contributed by atoms with Crippen molar-refractivity contribution in [1.82, 2.24) is 14.7 Å². The van der Waals surface area contributed by atoms with Gasteiger partial charge in [-0.05, 0) is 0 Å². The molecule has 4 nitrogen and oxygen atoms in total. The number of nitrogens with one attached hydrogen (secondary N) is 1. The van der Waals surface area contributed by atoms with Gasteiger partial charge in [-0.25, -0.2) is 0 Å². The van der Waals surface area contributed by atoms with Gasteiger partial charge in [-0.2, -0.15) is 0 Å². The molecule has 0 saturated carbocycles. The van der Waals surface area contributed by atoms with Crippen molar-refractivity contribution in [1.29, 1.82) is 0 Å². The first-order valence-corrected chi connectivity index (χ1v) is 18.1. The number of nitrogens with zero attached hydrogens (tertiary/aromatic N) is 2. The van der Waals surface area contributed by atoms with Gasteiger partial charge in [0, 0.05) is 0 Å². The molecule has 6 heteroatoms. The van der Waals surface area contributed by atoms with E-state index in [1.165, 1.54) is 56.7 Å². The van der Waals surface area contributed by atoms with E-state index in [2.05, 4.69) is 41.7 Å². The van der Waals surface area contributed by atoms with E-state index in [1.54, 1.807) is 2.89 Å². The summed E-state index contributed by atoms with van der Waals surface area (Å²) < 4.78 is 8.42. The maximum absolute atomic E-state index is 10.6. The van der Waals surface area contributed by atoms with Crippen LogP contribution in [-0.2, 0) is 11.3 Å². The van der Waals surface area contributed by atoms with Gasteiger partial charge in [0.2, 0.25) is 0 Å². The molecule has 0 aromatic carbocycles. The third-order valence-electron chi connectivity index (χ3n) is 5.19. The van der Waals surface area contributed by atoms with E-state index < -0.39 is 18.4 Å². The molecule has 25 heavy (non-hydrogen) atoms. The number of amides is 1. The molecule has 0 unspecified atom stereocenters. The third kappa shape index (κ3) is 5.22. The van der Waals surface area contributed by atoms with Crippen molar-refractivity contribution in [2.45, 2.75) is 79.2 Å². The van der Waals surface area contributed by atoms with Gasteiger partial charge in [0.15, 0.2) is 0 Å². The summed E-state index contributed by atoms with van der Waals surface area (Å²) in [7, 11) is 0. The topological polar surface area (TPSA) is 46.4 Å². The third-order valence-corrected chi connectivity index (χ3v) is 24.4. The molecule has 0 fully saturated rings. The molecule has 0 aliphatic heterocycles. The van der Waals surface area contributed by atoms with E-state index in [0.717, 1.165) is 12.2 Å². The fourth-order valence-corrected chi connectivity index (χ4v) is 23.6. The van der Waals surface area contributed by atoms with Crippen LogP contribution in [0, 0.1) is 0 Å². The average Bonchev–Trinajstić information content (AvgIpc) is 3.21. The molecule has 0 saturated heterocycles. The van der Waals surface area contributed by atoms with Gasteiger partial charge in [-0.3, -0.25) is 0 Å². The zero-order valence-corrected chi connectivity index (χ0v) is 19.7. The number of thiazole rings is 1. The molecule has 1 amide bonds. The Labute approximate surface area is 160 Å². The monoisotopic (exact) mass is 471 g/mol. The van der Waals surface area contributed by atoms with Crippen molar-refractivity contribution in [3.63, 3.8) is 0 Å². The number of fused-ring (bicyclic) bond motifs is 1. The van der Waals surface area contributed by atoms with Crippen molar-refractivity contribution >= 4 is 43.8 Å². The normalized spacial score (nSPS) is 12.0. The van der Waals surface area contributed by atoms with Crippen LogP contribution >= 0.6 is 11.3 Å². The van der Waals surface area contributed by atoms with Crippen LogP contribution in [0.15, 0.2) is 12.4 Å². The summed E-state index contributed by atoms with van der Waals surface area (Å²) in [6.07, 6.45) is 13.2. The predicted octanol–water partition coefficient (Wildman–Crippen LogP) is 4.70. The second-order valence-corrected chi connectivity index (χ2v) is 22.3. The van der Waals surface area contributed by atoms with Gasteiger partial charge < -0.3 is 0 Å². The number of hydrogen-bond donors (Lipinski definition) is 1. The molecular weight excluding hydrogens is 437 g/mol. The first-order chi connectivity index (χ1) is 12.2. The van der Waals surface area contributed by atoms with Gasteiger partial charge >= 0.3 is 161 Å². The molecule has 0 aliphatic rings. The summed E-state index contributed by atoms with van der Waals surface area (Å²) in [5.74, 6) is 0.950. The van der Waals surface area contributed by atoms with Crippen molar-refractivity contribution in [2.24, 2.45) is 0 Å². The van der Waals surface area contributed by atoms with E-state index in [0.29, 0.717) is 6.54 Å². The number of aromatic nitrogens is 2. The molecule has 0 aliphatic carbocycles. The quantitative estimate of drug-likeness (QED) is 0.341. The van der Waals surface area contributed by atoms with E-state index in [1.807, 2.05) is 17.5 Å². The standard InChI is InChI=1S/C7H6N3OS.3C4H9.Sn/c11-5-8-3-6-9-4-7-10(6)1-2-12-7;3*1-3-4-2;/h1,4-5H,3H2,(H,8,11);3*1,3-4H2,2H3;. The van der Waals surface area contributed by atoms with Gasteiger partial charge in [0.05, 0.1) is 0 Å². The van der Waals surface area contributed by atoms with Crippen LogP contribution in [0.1, 0.15) is 65.1 Å². The van der Waals surface area contributed by atoms with E-state index in [9.17, 15) is 4.79 Å². The predicted molar refractivity (Wildman–Crippen MR) is 111 cm³/mol. The maximum atomic E-state index is 10.6. The Morgan fingerprint density at radius 1 is 1.12 bits per heavy atom. The Hall–Kier alpha value is -0.561. The van der Waals surface area contributed by atoms with Crippen LogP contribution < -0.4 is 8.21 Å². The van der Waals surface area contributed by atoms with Crippen LogP contribution in [0.25, 0.3) is 4.83 Å². The summed E-state index contributed by atoms with van der Waals surface area (Å²) in [6, 6.07) is 0. The van der Waals surface area contributed by atoms with Crippen LogP contribution in [-0.4, -0.2) is 34.2 Å². The minimum atomic E-state index is -2.36.